The second-order valence-electron chi connectivity index (χ2n) is 13.7. The van der Waals surface area contributed by atoms with Crippen molar-refractivity contribution in [3.05, 3.63) is 181 Å². The molecule has 8 aromatic rings. The number of allylic oxidation sites excluding steroid dienone is 2. The van der Waals surface area contributed by atoms with Crippen LogP contribution in [0.3, 0.4) is 0 Å². The van der Waals surface area contributed by atoms with E-state index in [0.29, 0.717) is 0 Å². The van der Waals surface area contributed by atoms with Crippen LogP contribution >= 0.6 is 0 Å². The van der Waals surface area contributed by atoms with E-state index in [1.54, 1.807) is 0 Å². The average molecular weight is 633 g/mol. The van der Waals surface area contributed by atoms with Gasteiger partial charge in [0, 0.05) is 50.4 Å². The van der Waals surface area contributed by atoms with E-state index in [-0.39, 0.29) is 23.7 Å². The Balaban J connectivity index is 1.20. The first-order chi connectivity index (χ1) is 24.2. The highest BCUT2D eigenvalue weighted by Gasteiger charge is 2.45. The Hall–Kier alpha value is -5.68. The molecule has 0 spiro atoms. The standard InChI is InChI=1S/C45H36N4/c1-45-26-25-33(27-38(45)43(30-15-5-2-6-16-30)46-44(47-45)31-17-7-3-8-18-31)49-40-24-14-12-22-35(40)37-28-36-34-21-11-13-23-39(34)48(41(36)29-42(37)49)32-19-9-4-10-20-32/h2-29,38,43-44,46-47H,1H3. The van der Waals surface area contributed by atoms with Gasteiger partial charge in [0.05, 0.1) is 28.2 Å². The van der Waals surface area contributed by atoms with Gasteiger partial charge in [-0.1, -0.05) is 127 Å². The van der Waals surface area contributed by atoms with Crippen LogP contribution < -0.4 is 10.6 Å². The van der Waals surface area contributed by atoms with Crippen LogP contribution in [0, 0.1) is 5.92 Å². The van der Waals surface area contributed by atoms with E-state index in [1.165, 1.54) is 66.1 Å². The topological polar surface area (TPSA) is 33.9 Å². The van der Waals surface area contributed by atoms with Gasteiger partial charge in [-0.05, 0) is 60.5 Å². The van der Waals surface area contributed by atoms with Gasteiger partial charge in [0.25, 0.3) is 0 Å². The summed E-state index contributed by atoms with van der Waals surface area (Å²) in [5.41, 5.74) is 9.50. The van der Waals surface area contributed by atoms with Crippen LogP contribution in [0.1, 0.15) is 30.3 Å². The highest BCUT2D eigenvalue weighted by atomic mass is 15.2. The van der Waals surface area contributed by atoms with Crippen molar-refractivity contribution < 1.29 is 0 Å². The third-order valence-corrected chi connectivity index (χ3v) is 10.8. The quantitative estimate of drug-likeness (QED) is 0.202. The van der Waals surface area contributed by atoms with Gasteiger partial charge in [0.2, 0.25) is 0 Å². The normalized spacial score (nSPS) is 22.1. The molecule has 236 valence electrons. The molecule has 1 saturated heterocycles. The molecule has 4 heteroatoms. The fourth-order valence-electron chi connectivity index (χ4n) is 8.51. The Kier molecular flexibility index (Phi) is 6.32. The Labute approximate surface area is 285 Å². The van der Waals surface area contributed by atoms with Crippen LogP contribution in [0.5, 0.6) is 0 Å². The molecule has 0 saturated carbocycles. The van der Waals surface area contributed by atoms with E-state index < -0.39 is 0 Å². The molecular formula is C45H36N4. The number of para-hydroxylation sites is 3. The predicted molar refractivity (Wildman–Crippen MR) is 204 cm³/mol. The number of rotatable bonds is 4. The summed E-state index contributed by atoms with van der Waals surface area (Å²) in [6.45, 7) is 2.35. The summed E-state index contributed by atoms with van der Waals surface area (Å²) in [7, 11) is 0. The van der Waals surface area contributed by atoms with E-state index in [4.69, 9.17) is 0 Å². The van der Waals surface area contributed by atoms with Crippen molar-refractivity contribution in [3.63, 3.8) is 0 Å². The minimum atomic E-state index is -0.262. The first kappa shape index (κ1) is 28.3. The van der Waals surface area contributed by atoms with E-state index in [1.807, 2.05) is 0 Å². The van der Waals surface area contributed by atoms with Gasteiger partial charge in [0.15, 0.2) is 0 Å². The lowest BCUT2D eigenvalue weighted by molar-refractivity contribution is 0.151. The second-order valence-corrected chi connectivity index (χ2v) is 13.7. The molecule has 49 heavy (non-hydrogen) atoms. The van der Waals surface area contributed by atoms with Gasteiger partial charge in [-0.25, -0.2) is 0 Å². The van der Waals surface area contributed by atoms with Gasteiger partial charge < -0.3 is 9.13 Å². The third kappa shape index (κ3) is 4.38. The van der Waals surface area contributed by atoms with Crippen LogP contribution in [-0.2, 0) is 0 Å². The Morgan fingerprint density at radius 2 is 1.08 bits per heavy atom. The third-order valence-electron chi connectivity index (χ3n) is 10.8. The lowest BCUT2D eigenvalue weighted by Gasteiger charge is -2.50. The number of aromatic nitrogens is 2. The lowest BCUT2D eigenvalue weighted by atomic mass is 9.72. The molecule has 1 fully saturated rings. The summed E-state index contributed by atoms with van der Waals surface area (Å²) in [6, 6.07) is 55.0. The van der Waals surface area contributed by atoms with Gasteiger partial charge in [-0.3, -0.25) is 10.6 Å². The summed E-state index contributed by atoms with van der Waals surface area (Å²) < 4.78 is 4.90. The molecule has 0 radical (unpaired) electrons. The summed E-state index contributed by atoms with van der Waals surface area (Å²) in [5.74, 6) is 0.158. The average Bonchev–Trinajstić information content (AvgIpc) is 3.66. The number of fused-ring (bicyclic) bond motifs is 7. The van der Waals surface area contributed by atoms with Crippen molar-refractivity contribution >= 4 is 49.3 Å². The smallest absolute Gasteiger partial charge is 0.0847 e. The molecule has 6 aromatic carbocycles. The zero-order chi connectivity index (χ0) is 32.5. The summed E-state index contributed by atoms with van der Waals surface area (Å²) >= 11 is 0. The lowest BCUT2D eigenvalue weighted by Crippen LogP contribution is -2.61. The van der Waals surface area contributed by atoms with Gasteiger partial charge in [-0.15, -0.1) is 0 Å². The fourth-order valence-corrected chi connectivity index (χ4v) is 8.51. The highest BCUT2D eigenvalue weighted by Crippen LogP contribution is 2.45. The maximum Gasteiger partial charge on any atom is 0.0847 e. The van der Waals surface area contributed by atoms with Crippen molar-refractivity contribution in [1.82, 2.24) is 19.8 Å². The molecule has 1 aliphatic carbocycles. The van der Waals surface area contributed by atoms with Crippen LogP contribution in [0.2, 0.25) is 0 Å². The zero-order valence-corrected chi connectivity index (χ0v) is 27.3. The number of hydrogen-bond acceptors (Lipinski definition) is 2. The Morgan fingerprint density at radius 1 is 0.531 bits per heavy atom. The maximum atomic E-state index is 4.01. The zero-order valence-electron chi connectivity index (χ0n) is 27.3. The molecule has 2 aromatic heterocycles. The molecule has 4 unspecified atom stereocenters. The monoisotopic (exact) mass is 632 g/mol. The first-order valence-electron chi connectivity index (χ1n) is 17.2. The summed E-state index contributed by atoms with van der Waals surface area (Å²) in [4.78, 5) is 0. The number of hydrogen-bond donors (Lipinski definition) is 2. The SMILES string of the molecule is CC12C=CC(n3c4ccccc4c4cc5c6ccccc6n(-c6ccccc6)c5cc43)=CC1C(c1ccccc1)NC(c1ccccc1)N2. The minimum Gasteiger partial charge on any atom is -0.309 e. The largest absolute Gasteiger partial charge is 0.309 e. The fraction of sp³-hybridized carbons (Fsp3) is 0.111. The Bertz CT molecular complexity index is 2580. The molecule has 1 aliphatic heterocycles. The first-order valence-corrected chi connectivity index (χ1v) is 17.2. The number of nitrogens with zero attached hydrogens (tertiary/aromatic N) is 2. The van der Waals surface area contributed by atoms with Crippen LogP contribution in [0.15, 0.2) is 170 Å². The van der Waals surface area contributed by atoms with Crippen molar-refractivity contribution in [2.45, 2.75) is 24.7 Å². The van der Waals surface area contributed by atoms with Crippen LogP contribution in [0.25, 0.3) is 55.0 Å². The molecule has 4 atom stereocenters. The van der Waals surface area contributed by atoms with Gasteiger partial charge >= 0.3 is 0 Å². The van der Waals surface area contributed by atoms with E-state index in [2.05, 4.69) is 197 Å². The van der Waals surface area contributed by atoms with Gasteiger partial charge in [0.1, 0.15) is 0 Å². The molecule has 10 rings (SSSR count). The van der Waals surface area contributed by atoms with Crippen LogP contribution in [-0.4, -0.2) is 14.7 Å². The number of nitrogens with one attached hydrogen (secondary N) is 2. The maximum absolute atomic E-state index is 4.01. The van der Waals surface area contributed by atoms with E-state index in [9.17, 15) is 0 Å². The highest BCUT2D eigenvalue weighted by molar-refractivity contribution is 6.19. The molecule has 2 N–H and O–H groups in total. The van der Waals surface area contributed by atoms with Crippen molar-refractivity contribution in [1.29, 1.82) is 0 Å². The molecule has 0 bridgehead atoms. The second kappa shape index (κ2) is 10.9. The van der Waals surface area contributed by atoms with E-state index in [0.717, 1.165) is 0 Å². The molecular weight excluding hydrogens is 597 g/mol. The molecule has 2 aliphatic rings. The molecule has 4 nitrogen and oxygen atoms in total. The van der Waals surface area contributed by atoms with Crippen molar-refractivity contribution in [2.75, 3.05) is 0 Å². The van der Waals surface area contributed by atoms with Crippen molar-refractivity contribution in [3.8, 4) is 5.69 Å². The Morgan fingerprint density at radius 3 is 1.76 bits per heavy atom. The molecule has 3 heterocycles. The predicted octanol–water partition coefficient (Wildman–Crippen LogP) is 10.3. The molecule has 0 amide bonds. The number of benzene rings is 6. The van der Waals surface area contributed by atoms with Crippen molar-refractivity contribution in [2.24, 2.45) is 5.92 Å². The summed E-state index contributed by atoms with van der Waals surface area (Å²) in [5, 5.41) is 13.1. The van der Waals surface area contributed by atoms with E-state index >= 15 is 0 Å². The van der Waals surface area contributed by atoms with Crippen LogP contribution in [0.4, 0.5) is 0 Å². The summed E-state index contributed by atoms with van der Waals surface area (Å²) in [6.07, 6.45) is 7.26. The minimum absolute atomic E-state index is 0.0219. The van der Waals surface area contributed by atoms with Gasteiger partial charge in [-0.2, -0.15) is 0 Å².